The molecule has 0 radical (unpaired) electrons. The van der Waals surface area contributed by atoms with Gasteiger partial charge in [-0.3, -0.25) is 19.2 Å². The fourth-order valence-corrected chi connectivity index (χ4v) is 7.82. The third kappa shape index (κ3) is 4.51. The molecule has 0 aromatic heterocycles. The normalized spacial score (nSPS) is 36.6. The quantitative estimate of drug-likeness (QED) is 0.471. The van der Waals surface area contributed by atoms with Crippen LogP contribution in [-0.4, -0.2) is 65.9 Å². The Labute approximate surface area is 219 Å². The number of amides is 4. The van der Waals surface area contributed by atoms with E-state index < -0.39 is 53.4 Å². The Balaban J connectivity index is 1.40. The Bertz CT molecular complexity index is 1080. The van der Waals surface area contributed by atoms with Crippen molar-refractivity contribution in [1.29, 1.82) is 5.26 Å². The van der Waals surface area contributed by atoms with E-state index in [1.165, 1.54) is 4.90 Å². The molecule has 5 fully saturated rings. The zero-order chi connectivity index (χ0) is 27.7. The van der Waals surface area contributed by atoms with Crippen molar-refractivity contribution in [1.82, 2.24) is 20.9 Å². The van der Waals surface area contributed by atoms with Crippen molar-refractivity contribution in [3.8, 4) is 6.07 Å². The smallest absolute Gasteiger partial charge is 0.356 e. The van der Waals surface area contributed by atoms with E-state index >= 15 is 0 Å². The van der Waals surface area contributed by atoms with Crippen LogP contribution in [0.1, 0.15) is 46.5 Å². The average molecular weight is 538 g/mol. The first-order chi connectivity index (χ1) is 17.7. The monoisotopic (exact) mass is 537 g/mol. The lowest BCUT2D eigenvalue weighted by Gasteiger charge is -2.37. The van der Waals surface area contributed by atoms with Gasteiger partial charge < -0.3 is 20.9 Å². The molecule has 5 aliphatic rings. The van der Waals surface area contributed by atoms with E-state index in [9.17, 15) is 37.6 Å². The maximum Gasteiger partial charge on any atom is 0.471 e. The van der Waals surface area contributed by atoms with E-state index in [-0.39, 0.29) is 36.6 Å². The summed E-state index contributed by atoms with van der Waals surface area (Å²) >= 11 is 0. The molecular formula is C26H34F3N5O4. The number of nitrogens with one attached hydrogen (secondary N) is 3. The van der Waals surface area contributed by atoms with Gasteiger partial charge in [-0.2, -0.15) is 18.4 Å². The van der Waals surface area contributed by atoms with Crippen molar-refractivity contribution in [3.05, 3.63) is 0 Å². The first kappa shape index (κ1) is 26.8. The number of alkyl halides is 3. The predicted octanol–water partition coefficient (Wildman–Crippen LogP) is 1.34. The summed E-state index contributed by atoms with van der Waals surface area (Å²) in [6, 6.07) is -1.32. The highest BCUT2D eigenvalue weighted by Gasteiger charge is 2.70. The van der Waals surface area contributed by atoms with Gasteiger partial charge in [-0.15, -0.1) is 0 Å². The van der Waals surface area contributed by atoms with Crippen molar-refractivity contribution in [2.45, 2.75) is 70.8 Å². The standard InChI is InChI=1S/C26H34F3N5O4/c1-25(2,3)20(33-24(38)26(27,28)29)23(37)34-10-17-15-8-16(14-7-13(14)15)18(17)19(34)22(36)32-12(9-30)6-11-4-5-31-21(11)35/h11-20H,4-8,10H2,1-3H3,(H,31,35)(H,32,36)(H,33,38). The topological polar surface area (TPSA) is 131 Å². The summed E-state index contributed by atoms with van der Waals surface area (Å²) in [6.45, 7) is 5.44. The Morgan fingerprint density at radius 3 is 2.29 bits per heavy atom. The lowest BCUT2D eigenvalue weighted by molar-refractivity contribution is -0.176. The molecule has 3 saturated carbocycles. The van der Waals surface area contributed by atoms with Crippen molar-refractivity contribution < 1.29 is 32.3 Å². The van der Waals surface area contributed by atoms with E-state index in [1.807, 2.05) is 5.32 Å². The number of likely N-dealkylation sites (tertiary alicyclic amines) is 1. The van der Waals surface area contributed by atoms with Gasteiger partial charge in [0, 0.05) is 19.0 Å². The van der Waals surface area contributed by atoms with Crippen LogP contribution >= 0.6 is 0 Å². The van der Waals surface area contributed by atoms with Gasteiger partial charge in [-0.05, 0) is 66.6 Å². The number of hydrogen-bond acceptors (Lipinski definition) is 5. The van der Waals surface area contributed by atoms with Crippen molar-refractivity contribution in [3.63, 3.8) is 0 Å². The Kier molecular flexibility index (Phi) is 6.42. The molecule has 10 atom stereocenters. The number of nitriles is 1. The summed E-state index contributed by atoms with van der Waals surface area (Å²) in [6.07, 6.45) is -2.37. The van der Waals surface area contributed by atoms with Crippen LogP contribution in [0.15, 0.2) is 0 Å². The van der Waals surface area contributed by atoms with Crippen LogP contribution in [0.2, 0.25) is 0 Å². The molecule has 0 aromatic carbocycles. The molecule has 3 N–H and O–H groups in total. The minimum absolute atomic E-state index is 0.0588. The third-order valence-corrected chi connectivity index (χ3v) is 9.53. The second-order valence-corrected chi connectivity index (χ2v) is 12.8. The summed E-state index contributed by atoms with van der Waals surface area (Å²) in [5.74, 6) is -2.38. The van der Waals surface area contributed by atoms with Crippen molar-refractivity contribution in [2.75, 3.05) is 13.1 Å². The van der Waals surface area contributed by atoms with Crippen LogP contribution < -0.4 is 16.0 Å². The molecule has 208 valence electrons. The maximum atomic E-state index is 13.9. The molecule has 0 aromatic rings. The Hall–Kier alpha value is -2.84. The van der Waals surface area contributed by atoms with Gasteiger partial charge >= 0.3 is 12.1 Å². The van der Waals surface area contributed by atoms with Crippen LogP contribution in [0.3, 0.4) is 0 Å². The molecule has 5 rings (SSSR count). The molecule has 3 aliphatic carbocycles. The van der Waals surface area contributed by atoms with Crippen LogP contribution in [0.4, 0.5) is 13.2 Å². The van der Waals surface area contributed by atoms with Crippen LogP contribution in [0, 0.1) is 58.2 Å². The SMILES string of the molecule is CC(C)(C)C(NC(=O)C(F)(F)F)C(=O)N1CC2C3CC(C4CC43)C2C1C(=O)NC(C#N)CC1CCNC1=O. The Morgan fingerprint density at radius 1 is 1.08 bits per heavy atom. The van der Waals surface area contributed by atoms with Gasteiger partial charge in [0.05, 0.1) is 6.07 Å². The first-order valence-corrected chi connectivity index (χ1v) is 13.4. The zero-order valence-electron chi connectivity index (χ0n) is 21.7. The lowest BCUT2D eigenvalue weighted by Crippen LogP contribution is -2.60. The summed E-state index contributed by atoms with van der Waals surface area (Å²) in [4.78, 5) is 52.8. The summed E-state index contributed by atoms with van der Waals surface area (Å²) in [7, 11) is 0. The fourth-order valence-electron chi connectivity index (χ4n) is 7.82. The van der Waals surface area contributed by atoms with Gasteiger partial charge in [0.15, 0.2) is 0 Å². The van der Waals surface area contributed by atoms with Crippen LogP contribution in [0.25, 0.3) is 0 Å². The molecule has 2 bridgehead atoms. The summed E-state index contributed by atoms with van der Waals surface area (Å²) in [5.41, 5.74) is -1.05. The number of carbonyl (C=O) groups is 4. The largest absolute Gasteiger partial charge is 0.471 e. The van der Waals surface area contributed by atoms with Gasteiger partial charge in [-0.1, -0.05) is 20.8 Å². The molecule has 2 heterocycles. The molecule has 12 heteroatoms. The van der Waals surface area contributed by atoms with E-state index in [0.717, 1.165) is 12.8 Å². The van der Waals surface area contributed by atoms with Gasteiger partial charge in [-0.25, -0.2) is 0 Å². The second kappa shape index (κ2) is 9.12. The summed E-state index contributed by atoms with van der Waals surface area (Å²) < 4.78 is 39.3. The van der Waals surface area contributed by atoms with E-state index in [2.05, 4.69) is 16.7 Å². The maximum absolute atomic E-state index is 13.9. The number of hydrogen-bond donors (Lipinski definition) is 3. The molecule has 0 spiro atoms. The van der Waals surface area contributed by atoms with Gasteiger partial charge in [0.2, 0.25) is 17.7 Å². The average Bonchev–Trinajstić information content (AvgIpc) is 3.11. The van der Waals surface area contributed by atoms with E-state index in [0.29, 0.717) is 30.7 Å². The van der Waals surface area contributed by atoms with E-state index in [4.69, 9.17) is 0 Å². The summed E-state index contributed by atoms with van der Waals surface area (Å²) in [5, 5.41) is 17.1. The minimum atomic E-state index is -5.16. The second-order valence-electron chi connectivity index (χ2n) is 12.8. The lowest BCUT2D eigenvalue weighted by atomic mass is 9.78. The number of fused-ring (bicyclic) bond motifs is 8. The van der Waals surface area contributed by atoms with Gasteiger partial charge in [0.1, 0.15) is 18.1 Å². The van der Waals surface area contributed by atoms with Crippen molar-refractivity contribution in [2.24, 2.45) is 46.8 Å². The molecule has 9 nitrogen and oxygen atoms in total. The first-order valence-electron chi connectivity index (χ1n) is 13.4. The molecular weight excluding hydrogens is 503 g/mol. The van der Waals surface area contributed by atoms with Crippen molar-refractivity contribution >= 4 is 23.6 Å². The van der Waals surface area contributed by atoms with E-state index in [1.54, 1.807) is 20.8 Å². The highest BCUT2D eigenvalue weighted by molar-refractivity contribution is 5.94. The molecule has 10 unspecified atom stereocenters. The highest BCUT2D eigenvalue weighted by Crippen LogP contribution is 2.71. The van der Waals surface area contributed by atoms with Crippen LogP contribution in [0.5, 0.6) is 0 Å². The zero-order valence-corrected chi connectivity index (χ0v) is 21.7. The number of carbonyl (C=O) groups excluding carboxylic acids is 4. The third-order valence-electron chi connectivity index (χ3n) is 9.53. The van der Waals surface area contributed by atoms with Crippen LogP contribution in [-0.2, 0) is 19.2 Å². The Morgan fingerprint density at radius 2 is 1.71 bits per heavy atom. The number of rotatable bonds is 6. The molecule has 38 heavy (non-hydrogen) atoms. The molecule has 2 aliphatic heterocycles. The number of nitrogens with zero attached hydrogens (tertiary/aromatic N) is 2. The van der Waals surface area contributed by atoms with Gasteiger partial charge in [0.25, 0.3) is 0 Å². The molecule has 2 saturated heterocycles. The fraction of sp³-hybridized carbons (Fsp3) is 0.808. The number of halogens is 3. The minimum Gasteiger partial charge on any atom is -0.356 e. The highest BCUT2D eigenvalue weighted by atomic mass is 19.4. The predicted molar refractivity (Wildman–Crippen MR) is 126 cm³/mol. The molecule has 4 amide bonds.